The fraction of sp³-hybridized carbons (Fsp3) is 0.667. The van der Waals surface area contributed by atoms with E-state index in [0.29, 0.717) is 17.4 Å². The zero-order valence-electron chi connectivity index (χ0n) is 11.1. The Morgan fingerprint density at radius 3 is 2.58 bits per heavy atom. The molecule has 0 spiro atoms. The first-order valence-electron chi connectivity index (χ1n) is 6.22. The lowest BCUT2D eigenvalue weighted by Crippen LogP contribution is -2.29. The third-order valence-corrected chi connectivity index (χ3v) is 6.60. The van der Waals surface area contributed by atoms with Crippen LogP contribution >= 0.6 is 43.2 Å². The number of thiophene rings is 1. The molecule has 1 aromatic rings. The molecule has 7 heteroatoms. The van der Waals surface area contributed by atoms with Crippen molar-refractivity contribution in [2.75, 3.05) is 11.9 Å². The number of halogens is 2. The number of sulfonamides is 1. The van der Waals surface area contributed by atoms with E-state index >= 15 is 0 Å². The van der Waals surface area contributed by atoms with Gasteiger partial charge in [0.1, 0.15) is 0 Å². The summed E-state index contributed by atoms with van der Waals surface area (Å²) in [5, 5.41) is 0.905. The van der Waals surface area contributed by atoms with E-state index in [1.54, 1.807) is 6.07 Å². The fourth-order valence-corrected chi connectivity index (χ4v) is 6.09. The molecular weight excluding hydrogens is 414 g/mol. The molecule has 1 unspecified atom stereocenters. The molecule has 0 aliphatic carbocycles. The van der Waals surface area contributed by atoms with Crippen LogP contribution in [-0.2, 0) is 10.0 Å². The SMILES string of the molecule is CCCC(CCBr)CNS(=O)(=O)c1cc(Br)sc1C. The zero-order chi connectivity index (χ0) is 14.5. The van der Waals surface area contributed by atoms with Gasteiger partial charge < -0.3 is 0 Å². The van der Waals surface area contributed by atoms with Crippen molar-refractivity contribution in [1.82, 2.24) is 4.72 Å². The molecule has 19 heavy (non-hydrogen) atoms. The minimum atomic E-state index is -3.39. The minimum Gasteiger partial charge on any atom is -0.211 e. The van der Waals surface area contributed by atoms with Crippen molar-refractivity contribution >= 4 is 53.2 Å². The lowest BCUT2D eigenvalue weighted by atomic mass is 10.0. The van der Waals surface area contributed by atoms with Crippen molar-refractivity contribution in [1.29, 1.82) is 0 Å². The first-order chi connectivity index (χ1) is 8.90. The number of hydrogen-bond acceptors (Lipinski definition) is 3. The Bertz CT molecular complexity index is 494. The van der Waals surface area contributed by atoms with Crippen LogP contribution in [0.1, 0.15) is 31.1 Å². The van der Waals surface area contributed by atoms with E-state index in [1.165, 1.54) is 11.3 Å². The normalized spacial score (nSPS) is 13.7. The topological polar surface area (TPSA) is 46.2 Å². The van der Waals surface area contributed by atoms with Gasteiger partial charge in [0.25, 0.3) is 0 Å². The summed E-state index contributed by atoms with van der Waals surface area (Å²) in [6.45, 7) is 4.45. The maximum Gasteiger partial charge on any atom is 0.241 e. The quantitative estimate of drug-likeness (QED) is 0.622. The van der Waals surface area contributed by atoms with Crippen LogP contribution in [0, 0.1) is 12.8 Å². The van der Waals surface area contributed by atoms with E-state index in [-0.39, 0.29) is 0 Å². The Kier molecular flexibility index (Phi) is 7.53. The van der Waals surface area contributed by atoms with Crippen molar-refractivity contribution in [3.63, 3.8) is 0 Å². The number of alkyl halides is 1. The number of hydrogen-bond donors (Lipinski definition) is 1. The highest BCUT2D eigenvalue weighted by Crippen LogP contribution is 2.29. The predicted molar refractivity (Wildman–Crippen MR) is 88.8 cm³/mol. The Morgan fingerprint density at radius 2 is 2.11 bits per heavy atom. The maximum atomic E-state index is 12.2. The van der Waals surface area contributed by atoms with E-state index in [0.717, 1.165) is 33.3 Å². The number of rotatable bonds is 8. The van der Waals surface area contributed by atoms with Crippen molar-refractivity contribution < 1.29 is 8.42 Å². The molecule has 110 valence electrons. The van der Waals surface area contributed by atoms with Crippen molar-refractivity contribution in [3.05, 3.63) is 14.7 Å². The average molecular weight is 433 g/mol. The molecule has 0 saturated carbocycles. The molecule has 1 heterocycles. The van der Waals surface area contributed by atoms with Gasteiger partial charge >= 0.3 is 0 Å². The van der Waals surface area contributed by atoms with Crippen LogP contribution < -0.4 is 4.72 Å². The Labute approximate surface area is 136 Å². The van der Waals surface area contributed by atoms with Gasteiger partial charge in [-0.2, -0.15) is 0 Å². The summed E-state index contributed by atoms with van der Waals surface area (Å²) in [7, 11) is -3.39. The Balaban J connectivity index is 2.72. The third-order valence-electron chi connectivity index (χ3n) is 2.91. The van der Waals surface area contributed by atoms with E-state index in [2.05, 4.69) is 43.5 Å². The molecule has 1 N–H and O–H groups in total. The van der Waals surface area contributed by atoms with Gasteiger partial charge in [-0.1, -0.05) is 29.3 Å². The highest BCUT2D eigenvalue weighted by Gasteiger charge is 2.20. The molecule has 0 fully saturated rings. The van der Waals surface area contributed by atoms with Crippen LogP contribution in [0.3, 0.4) is 0 Å². The molecule has 3 nitrogen and oxygen atoms in total. The van der Waals surface area contributed by atoms with E-state index in [9.17, 15) is 8.42 Å². The van der Waals surface area contributed by atoms with Crippen LogP contribution in [0.5, 0.6) is 0 Å². The largest absolute Gasteiger partial charge is 0.241 e. The lowest BCUT2D eigenvalue weighted by molar-refractivity contribution is 0.459. The second kappa shape index (κ2) is 8.12. The van der Waals surface area contributed by atoms with Gasteiger partial charge in [-0.25, -0.2) is 13.1 Å². The summed E-state index contributed by atoms with van der Waals surface area (Å²) in [6, 6.07) is 1.67. The van der Waals surface area contributed by atoms with E-state index in [1.807, 2.05) is 6.92 Å². The second-order valence-corrected chi connectivity index (χ2v) is 9.62. The smallest absolute Gasteiger partial charge is 0.211 e. The highest BCUT2D eigenvalue weighted by atomic mass is 79.9. The Morgan fingerprint density at radius 1 is 1.42 bits per heavy atom. The van der Waals surface area contributed by atoms with Crippen molar-refractivity contribution in [3.8, 4) is 0 Å². The molecule has 0 aromatic carbocycles. The highest BCUT2D eigenvalue weighted by molar-refractivity contribution is 9.11. The van der Waals surface area contributed by atoms with Crippen molar-refractivity contribution in [2.24, 2.45) is 5.92 Å². The van der Waals surface area contributed by atoms with Gasteiger partial charge in [0.2, 0.25) is 10.0 Å². The molecule has 0 bridgehead atoms. The average Bonchev–Trinajstić information content (AvgIpc) is 2.67. The van der Waals surface area contributed by atoms with Crippen LogP contribution in [0.4, 0.5) is 0 Å². The van der Waals surface area contributed by atoms with Gasteiger partial charge in [0.15, 0.2) is 0 Å². The second-order valence-electron chi connectivity index (χ2n) is 4.46. The van der Waals surface area contributed by atoms with Crippen LogP contribution in [0.15, 0.2) is 14.7 Å². The first-order valence-corrected chi connectivity index (χ1v) is 10.4. The summed E-state index contributed by atoms with van der Waals surface area (Å²) in [5.74, 6) is 0.390. The molecule has 0 aliphatic heterocycles. The molecular formula is C12H19Br2NO2S2. The molecule has 0 saturated heterocycles. The predicted octanol–water partition coefficient (Wildman–Crippen LogP) is 4.30. The maximum absolute atomic E-state index is 12.2. The Hall–Kier alpha value is 0.570. The summed E-state index contributed by atoms with van der Waals surface area (Å²) in [6.07, 6.45) is 3.10. The summed E-state index contributed by atoms with van der Waals surface area (Å²) in [5.41, 5.74) is 0. The van der Waals surface area contributed by atoms with Crippen LogP contribution in [0.2, 0.25) is 0 Å². The van der Waals surface area contributed by atoms with Crippen LogP contribution in [0.25, 0.3) is 0 Å². The summed E-state index contributed by atoms with van der Waals surface area (Å²) in [4.78, 5) is 1.20. The summed E-state index contributed by atoms with van der Waals surface area (Å²) < 4.78 is 28.1. The molecule has 1 atom stereocenters. The molecule has 0 aliphatic rings. The van der Waals surface area contributed by atoms with Gasteiger partial charge in [-0.05, 0) is 47.7 Å². The molecule has 0 radical (unpaired) electrons. The lowest BCUT2D eigenvalue weighted by Gasteiger charge is -2.15. The van der Waals surface area contributed by atoms with Gasteiger partial charge in [-0.15, -0.1) is 11.3 Å². The summed E-state index contributed by atoms with van der Waals surface area (Å²) >= 11 is 8.18. The van der Waals surface area contributed by atoms with Gasteiger partial charge in [0, 0.05) is 16.8 Å². The van der Waals surface area contributed by atoms with Crippen LogP contribution in [-0.4, -0.2) is 20.3 Å². The van der Waals surface area contributed by atoms with Gasteiger partial charge in [0.05, 0.1) is 8.68 Å². The molecule has 1 aromatic heterocycles. The van der Waals surface area contributed by atoms with E-state index < -0.39 is 10.0 Å². The molecule has 0 amide bonds. The zero-order valence-corrected chi connectivity index (χ0v) is 15.9. The van der Waals surface area contributed by atoms with E-state index in [4.69, 9.17) is 0 Å². The monoisotopic (exact) mass is 431 g/mol. The fourth-order valence-electron chi connectivity index (χ4n) is 1.91. The number of aryl methyl sites for hydroxylation is 1. The molecule has 1 rings (SSSR count). The minimum absolute atomic E-state index is 0.387. The standard InChI is InChI=1S/C12H19Br2NO2S2/c1-3-4-10(5-6-13)8-15-19(16,17)11-7-12(14)18-9(11)2/h7,10,15H,3-6,8H2,1-2H3. The number of nitrogens with one attached hydrogen (secondary N) is 1. The van der Waals surface area contributed by atoms with Crippen molar-refractivity contribution in [2.45, 2.75) is 38.0 Å². The third kappa shape index (κ3) is 5.46. The first kappa shape index (κ1) is 17.6. The van der Waals surface area contributed by atoms with Gasteiger partial charge in [-0.3, -0.25) is 0 Å².